The second kappa shape index (κ2) is 9.13. The number of hydrogen-bond donors (Lipinski definition) is 2. The Bertz CT molecular complexity index is 982. The predicted octanol–water partition coefficient (Wildman–Crippen LogP) is 0.708. The lowest BCUT2D eigenvalue weighted by atomic mass is 10.2. The third kappa shape index (κ3) is 4.83. The number of anilines is 2. The van der Waals surface area contributed by atoms with E-state index in [1.54, 1.807) is 6.20 Å². The molecule has 2 N–H and O–H groups in total. The standard InChI is InChI=1S/C22H27N7O2/c1-16-5-7-18(8-6-16)29-19(30)15-24-20(26-29)22(31)25-14-17-4-3-9-23-21(17)28-12-10-27(2)11-13-28/h3-9H,10-15H2,1-2H3,(H,24,26)(H,25,31). The largest absolute Gasteiger partial charge is 0.354 e. The first kappa shape index (κ1) is 20.8. The van der Waals surface area contributed by atoms with Crippen molar-refractivity contribution in [2.45, 2.75) is 13.5 Å². The van der Waals surface area contributed by atoms with Crippen LogP contribution >= 0.6 is 0 Å². The molecule has 2 aliphatic rings. The van der Waals surface area contributed by atoms with Gasteiger partial charge in [-0.1, -0.05) is 23.8 Å². The normalized spacial score (nSPS) is 17.2. The molecule has 0 unspecified atom stereocenters. The number of nitrogens with one attached hydrogen (secondary N) is 2. The average molecular weight is 422 g/mol. The smallest absolute Gasteiger partial charge is 0.288 e. The Balaban J connectivity index is 1.41. The molecular weight excluding hydrogens is 394 g/mol. The van der Waals surface area contributed by atoms with E-state index in [-0.39, 0.29) is 24.2 Å². The monoisotopic (exact) mass is 421 g/mol. The number of amides is 2. The van der Waals surface area contributed by atoms with Crippen molar-refractivity contribution in [1.29, 1.82) is 0 Å². The first-order chi connectivity index (χ1) is 15.0. The number of carbonyl (C=O) groups is 2. The summed E-state index contributed by atoms with van der Waals surface area (Å²) in [6, 6.07) is 11.3. The molecule has 2 aliphatic heterocycles. The molecule has 0 spiro atoms. The van der Waals surface area contributed by atoms with Gasteiger partial charge in [-0.05, 0) is 32.2 Å². The van der Waals surface area contributed by atoms with E-state index < -0.39 is 0 Å². The molecule has 0 atom stereocenters. The summed E-state index contributed by atoms with van der Waals surface area (Å²) >= 11 is 0. The van der Waals surface area contributed by atoms with Gasteiger partial charge in [0.25, 0.3) is 11.8 Å². The van der Waals surface area contributed by atoms with Crippen LogP contribution in [0.5, 0.6) is 0 Å². The van der Waals surface area contributed by atoms with E-state index in [1.807, 2.05) is 43.3 Å². The van der Waals surface area contributed by atoms with Crippen LogP contribution in [-0.2, 0) is 16.1 Å². The molecule has 0 aliphatic carbocycles. The zero-order chi connectivity index (χ0) is 21.8. The predicted molar refractivity (Wildman–Crippen MR) is 120 cm³/mol. The van der Waals surface area contributed by atoms with Crippen LogP contribution in [0.4, 0.5) is 11.5 Å². The number of amidine groups is 1. The highest BCUT2D eigenvalue weighted by Gasteiger charge is 2.26. The Kier molecular flexibility index (Phi) is 6.13. The number of aromatic nitrogens is 1. The SMILES string of the molecule is Cc1ccc(N2NC(C(=O)NCc3cccnc3N3CCN(C)CC3)=NCC2=O)cc1. The molecule has 31 heavy (non-hydrogen) atoms. The lowest BCUT2D eigenvalue weighted by Crippen LogP contribution is -2.55. The van der Waals surface area contributed by atoms with E-state index in [2.05, 4.69) is 37.6 Å². The van der Waals surface area contributed by atoms with Crippen molar-refractivity contribution in [3.8, 4) is 0 Å². The minimum atomic E-state index is -0.363. The summed E-state index contributed by atoms with van der Waals surface area (Å²) in [7, 11) is 2.11. The van der Waals surface area contributed by atoms with Crippen molar-refractivity contribution < 1.29 is 9.59 Å². The number of benzene rings is 1. The molecule has 0 radical (unpaired) electrons. The maximum absolute atomic E-state index is 12.8. The molecule has 1 aromatic carbocycles. The molecule has 1 saturated heterocycles. The van der Waals surface area contributed by atoms with Crippen LogP contribution in [0.2, 0.25) is 0 Å². The van der Waals surface area contributed by atoms with Gasteiger partial charge in [0, 0.05) is 44.5 Å². The summed E-state index contributed by atoms with van der Waals surface area (Å²) in [5.74, 6) is 0.430. The first-order valence-electron chi connectivity index (χ1n) is 10.4. The molecule has 1 aromatic heterocycles. The zero-order valence-corrected chi connectivity index (χ0v) is 17.8. The van der Waals surface area contributed by atoms with E-state index >= 15 is 0 Å². The first-order valence-corrected chi connectivity index (χ1v) is 10.4. The third-order valence-corrected chi connectivity index (χ3v) is 5.46. The van der Waals surface area contributed by atoms with Gasteiger partial charge in [-0.3, -0.25) is 20.0 Å². The molecule has 0 bridgehead atoms. The number of hydrazine groups is 1. The molecule has 0 saturated carbocycles. The second-order valence-corrected chi connectivity index (χ2v) is 7.80. The second-order valence-electron chi connectivity index (χ2n) is 7.80. The van der Waals surface area contributed by atoms with Crippen LogP contribution < -0.4 is 20.7 Å². The van der Waals surface area contributed by atoms with Crippen molar-refractivity contribution >= 4 is 29.2 Å². The molecule has 9 nitrogen and oxygen atoms in total. The average Bonchev–Trinajstić information content (AvgIpc) is 2.79. The fraction of sp³-hybridized carbons (Fsp3) is 0.364. The maximum atomic E-state index is 12.8. The lowest BCUT2D eigenvalue weighted by Gasteiger charge is -2.34. The molecule has 2 amide bonds. The van der Waals surface area contributed by atoms with Gasteiger partial charge in [0.05, 0.1) is 5.69 Å². The quantitative estimate of drug-likeness (QED) is 0.739. The van der Waals surface area contributed by atoms with Gasteiger partial charge >= 0.3 is 0 Å². The van der Waals surface area contributed by atoms with E-state index in [0.29, 0.717) is 12.2 Å². The number of hydrogen-bond acceptors (Lipinski definition) is 7. The maximum Gasteiger partial charge on any atom is 0.288 e. The van der Waals surface area contributed by atoms with Gasteiger partial charge in [0.1, 0.15) is 12.4 Å². The van der Waals surface area contributed by atoms with Crippen LogP contribution in [0.25, 0.3) is 0 Å². The molecule has 4 rings (SSSR count). The number of nitrogens with zero attached hydrogens (tertiary/aromatic N) is 5. The Labute approximate surface area is 181 Å². The molecule has 1 fully saturated rings. The van der Waals surface area contributed by atoms with E-state index in [1.165, 1.54) is 5.01 Å². The Morgan fingerprint density at radius 2 is 1.87 bits per heavy atom. The minimum absolute atomic E-state index is 0.0803. The Hall–Kier alpha value is -3.46. The van der Waals surface area contributed by atoms with Crippen molar-refractivity contribution in [3.05, 3.63) is 53.7 Å². The zero-order valence-electron chi connectivity index (χ0n) is 17.8. The van der Waals surface area contributed by atoms with Crippen LogP contribution in [-0.4, -0.2) is 67.3 Å². The van der Waals surface area contributed by atoms with Gasteiger partial charge in [-0.15, -0.1) is 0 Å². The molecule has 9 heteroatoms. The third-order valence-electron chi connectivity index (χ3n) is 5.46. The van der Waals surface area contributed by atoms with E-state index in [9.17, 15) is 9.59 Å². The van der Waals surface area contributed by atoms with E-state index in [4.69, 9.17) is 0 Å². The van der Waals surface area contributed by atoms with Crippen LogP contribution in [0.15, 0.2) is 47.6 Å². The van der Waals surface area contributed by atoms with Gasteiger partial charge in [-0.25, -0.2) is 9.99 Å². The van der Waals surface area contributed by atoms with Crippen LogP contribution in [0, 0.1) is 6.92 Å². The highest BCUT2D eigenvalue weighted by Crippen LogP contribution is 2.19. The summed E-state index contributed by atoms with van der Waals surface area (Å²) in [5, 5.41) is 4.27. The van der Waals surface area contributed by atoms with Crippen molar-refractivity contribution in [3.63, 3.8) is 0 Å². The topological polar surface area (TPSA) is 93.2 Å². The highest BCUT2D eigenvalue weighted by atomic mass is 16.2. The van der Waals surface area contributed by atoms with Crippen LogP contribution in [0.3, 0.4) is 0 Å². The Morgan fingerprint density at radius 1 is 1.13 bits per heavy atom. The molecule has 3 heterocycles. The number of rotatable bonds is 5. The van der Waals surface area contributed by atoms with Crippen molar-refractivity contribution in [2.24, 2.45) is 4.99 Å². The fourth-order valence-corrected chi connectivity index (χ4v) is 3.58. The van der Waals surface area contributed by atoms with Gasteiger partial charge < -0.3 is 15.1 Å². The van der Waals surface area contributed by atoms with Gasteiger partial charge in [-0.2, -0.15) is 0 Å². The number of piperazine rings is 1. The van der Waals surface area contributed by atoms with Gasteiger partial charge in [0.15, 0.2) is 0 Å². The Morgan fingerprint density at radius 3 is 2.61 bits per heavy atom. The summed E-state index contributed by atoms with van der Waals surface area (Å²) in [5.41, 5.74) is 5.55. The number of carbonyl (C=O) groups excluding carboxylic acids is 2. The molecule has 2 aromatic rings. The van der Waals surface area contributed by atoms with Crippen molar-refractivity contribution in [2.75, 3.05) is 49.7 Å². The summed E-state index contributed by atoms with van der Waals surface area (Å²) < 4.78 is 0. The molecule has 162 valence electrons. The number of likely N-dealkylation sites (N-methyl/N-ethyl adjacent to an activating group) is 1. The van der Waals surface area contributed by atoms with E-state index in [0.717, 1.165) is 43.1 Å². The molecular formula is C22H27N7O2. The number of aliphatic imine (C=N–C) groups is 1. The number of pyridine rings is 1. The lowest BCUT2D eigenvalue weighted by molar-refractivity contribution is -0.118. The van der Waals surface area contributed by atoms with Crippen LogP contribution in [0.1, 0.15) is 11.1 Å². The fourth-order valence-electron chi connectivity index (χ4n) is 3.58. The summed E-state index contributed by atoms with van der Waals surface area (Å²) in [6.45, 7) is 5.98. The van der Waals surface area contributed by atoms with Gasteiger partial charge in [0.2, 0.25) is 5.84 Å². The summed E-state index contributed by atoms with van der Waals surface area (Å²) in [4.78, 5) is 38.2. The highest BCUT2D eigenvalue weighted by molar-refractivity contribution is 6.39. The summed E-state index contributed by atoms with van der Waals surface area (Å²) in [6.07, 6.45) is 1.77. The minimum Gasteiger partial charge on any atom is -0.354 e. The number of aryl methyl sites for hydroxylation is 1. The van der Waals surface area contributed by atoms with Crippen molar-refractivity contribution in [1.82, 2.24) is 20.6 Å².